The highest BCUT2D eigenvalue weighted by molar-refractivity contribution is 5.93. The Kier molecular flexibility index (Phi) is 10.1. The van der Waals surface area contributed by atoms with E-state index < -0.39 is 0 Å². The van der Waals surface area contributed by atoms with Gasteiger partial charge in [0.1, 0.15) is 11.5 Å². The molecule has 0 radical (unpaired) electrons. The van der Waals surface area contributed by atoms with Crippen molar-refractivity contribution in [1.82, 2.24) is 0 Å². The number of carbonyl (C=O) groups is 1. The van der Waals surface area contributed by atoms with Crippen LogP contribution in [-0.2, 0) is 11.2 Å². The lowest BCUT2D eigenvalue weighted by Crippen LogP contribution is -2.21. The second-order valence-corrected chi connectivity index (χ2v) is 7.95. The van der Waals surface area contributed by atoms with Gasteiger partial charge < -0.3 is 20.1 Å². The Morgan fingerprint density at radius 1 is 0.758 bits per heavy atom. The Labute approximate surface area is 197 Å². The molecule has 0 spiro atoms. The highest BCUT2D eigenvalue weighted by Gasteiger charge is 2.04. The average molecular weight is 447 g/mol. The third-order valence-corrected chi connectivity index (χ3v) is 5.19. The van der Waals surface area contributed by atoms with Crippen molar-refractivity contribution in [3.63, 3.8) is 0 Å². The lowest BCUT2D eigenvalue weighted by Gasteiger charge is -2.11. The molecule has 5 nitrogen and oxygen atoms in total. The summed E-state index contributed by atoms with van der Waals surface area (Å²) < 4.78 is 11.6. The van der Waals surface area contributed by atoms with E-state index in [-0.39, 0.29) is 12.5 Å². The molecule has 3 aromatic rings. The molecular formula is C28H34N2O3. The summed E-state index contributed by atoms with van der Waals surface area (Å²) in [6.45, 7) is 3.70. The lowest BCUT2D eigenvalue weighted by atomic mass is 10.2. The second kappa shape index (κ2) is 13.8. The molecule has 5 heteroatoms. The molecule has 0 saturated carbocycles. The molecule has 2 N–H and O–H groups in total. The van der Waals surface area contributed by atoms with Crippen LogP contribution in [-0.4, -0.2) is 25.7 Å². The molecule has 0 aromatic heterocycles. The van der Waals surface area contributed by atoms with Crippen LogP contribution in [0.5, 0.6) is 11.5 Å². The minimum Gasteiger partial charge on any atom is -0.494 e. The molecule has 0 unspecified atom stereocenters. The normalized spacial score (nSPS) is 10.5. The molecule has 3 aromatic carbocycles. The molecule has 0 aliphatic heterocycles. The Bertz CT molecular complexity index is 958. The fourth-order valence-electron chi connectivity index (χ4n) is 3.37. The molecule has 3 rings (SSSR count). The van der Waals surface area contributed by atoms with Crippen molar-refractivity contribution in [1.29, 1.82) is 0 Å². The Morgan fingerprint density at radius 3 is 2.33 bits per heavy atom. The van der Waals surface area contributed by atoms with E-state index in [9.17, 15) is 4.79 Å². The van der Waals surface area contributed by atoms with E-state index in [0.717, 1.165) is 36.6 Å². The number of rotatable bonds is 14. The van der Waals surface area contributed by atoms with Gasteiger partial charge in [-0.25, -0.2) is 0 Å². The maximum absolute atomic E-state index is 12.4. The van der Waals surface area contributed by atoms with Gasteiger partial charge in [-0.2, -0.15) is 0 Å². The first-order valence-corrected chi connectivity index (χ1v) is 11.8. The minimum absolute atomic E-state index is 0.118. The van der Waals surface area contributed by atoms with Gasteiger partial charge in [0, 0.05) is 23.9 Å². The molecule has 0 aliphatic carbocycles. The van der Waals surface area contributed by atoms with Crippen LogP contribution >= 0.6 is 0 Å². The van der Waals surface area contributed by atoms with Gasteiger partial charge in [0.05, 0.1) is 19.8 Å². The maximum atomic E-state index is 12.4. The Balaban J connectivity index is 1.37. The van der Waals surface area contributed by atoms with Crippen LogP contribution in [0, 0.1) is 0 Å². The number of ether oxygens (including phenoxy) is 2. The van der Waals surface area contributed by atoms with Crippen LogP contribution in [0.25, 0.3) is 0 Å². The largest absolute Gasteiger partial charge is 0.494 e. The summed E-state index contributed by atoms with van der Waals surface area (Å²) in [5, 5.41) is 6.05. The molecule has 174 valence electrons. The predicted octanol–water partition coefficient (Wildman–Crippen LogP) is 6.32. The van der Waals surface area contributed by atoms with E-state index >= 15 is 0 Å². The maximum Gasteiger partial charge on any atom is 0.243 e. The molecule has 0 saturated heterocycles. The summed E-state index contributed by atoms with van der Waals surface area (Å²) in [7, 11) is 0. The average Bonchev–Trinajstić information content (AvgIpc) is 2.84. The van der Waals surface area contributed by atoms with Gasteiger partial charge >= 0.3 is 0 Å². The van der Waals surface area contributed by atoms with E-state index in [0.29, 0.717) is 12.3 Å². The number of hydrogen-bond acceptors (Lipinski definition) is 4. The molecule has 1 amide bonds. The number of hydrogen-bond donors (Lipinski definition) is 2. The zero-order chi connectivity index (χ0) is 23.1. The monoisotopic (exact) mass is 446 g/mol. The molecule has 33 heavy (non-hydrogen) atoms. The summed E-state index contributed by atoms with van der Waals surface area (Å²) in [5.74, 6) is 1.47. The second-order valence-electron chi connectivity index (χ2n) is 7.95. The van der Waals surface area contributed by atoms with Gasteiger partial charge in [0.15, 0.2) is 0 Å². The number of nitrogens with one attached hydrogen (secondary N) is 2. The highest BCUT2D eigenvalue weighted by atomic mass is 16.5. The highest BCUT2D eigenvalue weighted by Crippen LogP contribution is 2.19. The predicted molar refractivity (Wildman–Crippen MR) is 135 cm³/mol. The smallest absolute Gasteiger partial charge is 0.243 e. The van der Waals surface area contributed by atoms with E-state index in [1.165, 1.54) is 24.8 Å². The van der Waals surface area contributed by atoms with Crippen LogP contribution in [0.2, 0.25) is 0 Å². The molecule has 0 fully saturated rings. The van der Waals surface area contributed by atoms with Gasteiger partial charge in [-0.3, -0.25) is 4.79 Å². The van der Waals surface area contributed by atoms with Crippen LogP contribution in [0.3, 0.4) is 0 Å². The van der Waals surface area contributed by atoms with Gasteiger partial charge in [0.2, 0.25) is 5.91 Å². The van der Waals surface area contributed by atoms with Crippen molar-refractivity contribution >= 4 is 17.3 Å². The standard InChI is InChI=1S/C28H34N2O3/c1-2-3-4-8-19-32-26-16-14-24(15-17-26)29-22-28(31)30-25-12-9-13-27(21-25)33-20-18-23-10-6-5-7-11-23/h5-7,9-17,21,29H,2-4,8,18-20,22H2,1H3,(H,30,31). The zero-order valence-electron chi connectivity index (χ0n) is 19.4. The quantitative estimate of drug-likeness (QED) is 0.285. The third-order valence-electron chi connectivity index (χ3n) is 5.19. The number of anilines is 2. The van der Waals surface area contributed by atoms with Gasteiger partial charge in [0.25, 0.3) is 0 Å². The number of benzene rings is 3. The lowest BCUT2D eigenvalue weighted by molar-refractivity contribution is -0.114. The van der Waals surface area contributed by atoms with Gasteiger partial charge in [-0.1, -0.05) is 62.6 Å². The van der Waals surface area contributed by atoms with Crippen LogP contribution in [0.4, 0.5) is 11.4 Å². The molecular weight excluding hydrogens is 412 g/mol. The molecule has 0 aliphatic rings. The van der Waals surface area contributed by atoms with E-state index in [1.54, 1.807) is 0 Å². The van der Waals surface area contributed by atoms with E-state index in [4.69, 9.17) is 9.47 Å². The summed E-state index contributed by atoms with van der Waals surface area (Å²) in [6, 6.07) is 25.4. The van der Waals surface area contributed by atoms with Crippen LogP contribution in [0.1, 0.15) is 38.2 Å². The van der Waals surface area contributed by atoms with E-state index in [2.05, 4.69) is 29.7 Å². The molecule has 0 heterocycles. The van der Waals surface area contributed by atoms with Gasteiger partial charge in [-0.05, 0) is 48.4 Å². The number of carbonyl (C=O) groups excluding carboxylic acids is 1. The molecule has 0 atom stereocenters. The van der Waals surface area contributed by atoms with Crippen molar-refractivity contribution in [2.75, 3.05) is 30.4 Å². The van der Waals surface area contributed by atoms with Crippen molar-refractivity contribution in [2.45, 2.75) is 39.0 Å². The third kappa shape index (κ3) is 9.27. The first-order chi connectivity index (χ1) is 16.2. The van der Waals surface area contributed by atoms with Crippen LogP contribution in [0.15, 0.2) is 78.9 Å². The zero-order valence-corrected chi connectivity index (χ0v) is 19.4. The number of amides is 1. The van der Waals surface area contributed by atoms with Crippen molar-refractivity contribution < 1.29 is 14.3 Å². The van der Waals surface area contributed by atoms with Gasteiger partial charge in [-0.15, -0.1) is 0 Å². The SMILES string of the molecule is CCCCCCOc1ccc(NCC(=O)Nc2cccc(OCCc3ccccc3)c2)cc1. The fourth-order valence-corrected chi connectivity index (χ4v) is 3.37. The fraction of sp³-hybridized carbons (Fsp3) is 0.321. The first-order valence-electron chi connectivity index (χ1n) is 11.8. The first kappa shape index (κ1) is 24.2. The Morgan fingerprint density at radius 2 is 1.55 bits per heavy atom. The van der Waals surface area contributed by atoms with Crippen molar-refractivity contribution in [3.05, 3.63) is 84.4 Å². The summed E-state index contributed by atoms with van der Waals surface area (Å²) in [4.78, 5) is 12.4. The number of unbranched alkanes of at least 4 members (excludes halogenated alkanes) is 3. The van der Waals surface area contributed by atoms with E-state index in [1.807, 2.05) is 66.7 Å². The van der Waals surface area contributed by atoms with Crippen molar-refractivity contribution in [2.24, 2.45) is 0 Å². The van der Waals surface area contributed by atoms with Crippen LogP contribution < -0.4 is 20.1 Å². The summed E-state index contributed by atoms with van der Waals surface area (Å²) in [6.07, 6.45) is 5.59. The minimum atomic E-state index is -0.118. The summed E-state index contributed by atoms with van der Waals surface area (Å²) >= 11 is 0. The molecule has 0 bridgehead atoms. The topological polar surface area (TPSA) is 59.6 Å². The summed E-state index contributed by atoms with van der Waals surface area (Å²) in [5.41, 5.74) is 2.83. The van der Waals surface area contributed by atoms with Crippen molar-refractivity contribution in [3.8, 4) is 11.5 Å². The Hall–Kier alpha value is -3.47.